The minimum atomic E-state index is -4.32. The van der Waals surface area contributed by atoms with Crippen LogP contribution in [0.2, 0.25) is 0 Å². The molecule has 1 saturated carbocycles. The highest BCUT2D eigenvalue weighted by molar-refractivity contribution is 5.77. The van der Waals surface area contributed by atoms with Crippen molar-refractivity contribution in [3.05, 3.63) is 35.4 Å². The highest BCUT2D eigenvalue weighted by Crippen LogP contribution is 2.37. The molecule has 3 rings (SSSR count). The largest absolute Gasteiger partial charge is 0.416 e. The number of nitrogens with two attached hydrogens (primary N) is 1. The van der Waals surface area contributed by atoms with E-state index >= 15 is 0 Å². The van der Waals surface area contributed by atoms with Crippen molar-refractivity contribution in [3.8, 4) is 0 Å². The van der Waals surface area contributed by atoms with Gasteiger partial charge in [-0.05, 0) is 42.9 Å². The fourth-order valence-corrected chi connectivity index (χ4v) is 3.80. The number of likely N-dealkylation sites (tertiary alicyclic amines) is 1. The van der Waals surface area contributed by atoms with Crippen LogP contribution in [0.5, 0.6) is 0 Å². The summed E-state index contributed by atoms with van der Waals surface area (Å²) in [6, 6.07) is 5.57. The molecule has 1 aliphatic heterocycles. The van der Waals surface area contributed by atoms with Crippen LogP contribution in [-0.2, 0) is 16.4 Å². The molecule has 6 heteroatoms. The average molecular weight is 340 g/mol. The number of carbonyl (C=O) groups excluding carboxylic acids is 1. The summed E-state index contributed by atoms with van der Waals surface area (Å²) in [4.78, 5) is 14.2. The Morgan fingerprint density at radius 1 is 1.29 bits per heavy atom. The van der Waals surface area contributed by atoms with Gasteiger partial charge < -0.3 is 10.6 Å². The van der Waals surface area contributed by atoms with E-state index in [9.17, 15) is 18.0 Å². The van der Waals surface area contributed by atoms with Gasteiger partial charge in [0.05, 0.1) is 5.56 Å². The summed E-state index contributed by atoms with van der Waals surface area (Å²) in [7, 11) is 0. The topological polar surface area (TPSA) is 46.3 Å². The van der Waals surface area contributed by atoms with Gasteiger partial charge in [0.1, 0.15) is 0 Å². The Kier molecular flexibility index (Phi) is 4.36. The quantitative estimate of drug-likeness (QED) is 0.917. The van der Waals surface area contributed by atoms with Crippen LogP contribution < -0.4 is 5.73 Å². The van der Waals surface area contributed by atoms with Gasteiger partial charge in [-0.3, -0.25) is 4.79 Å². The molecule has 1 aromatic rings. The molecule has 132 valence electrons. The van der Waals surface area contributed by atoms with E-state index in [1.54, 1.807) is 12.1 Å². The Bertz CT molecular complexity index is 608. The molecule has 2 N–H and O–H groups in total. The Balaban J connectivity index is 1.63. The SMILES string of the molecule is CC1(c2ccc(C(F)(F)F)cc2)CCN(C(=O)CC2CC(N)C2)C1. The maximum absolute atomic E-state index is 12.7. The van der Waals surface area contributed by atoms with Gasteiger partial charge in [-0.25, -0.2) is 0 Å². The van der Waals surface area contributed by atoms with E-state index in [1.165, 1.54) is 0 Å². The van der Waals surface area contributed by atoms with Gasteiger partial charge >= 0.3 is 6.18 Å². The third-order valence-corrected chi connectivity index (χ3v) is 5.47. The minimum absolute atomic E-state index is 0.141. The van der Waals surface area contributed by atoms with Crippen LogP contribution in [0.4, 0.5) is 13.2 Å². The zero-order valence-electron chi connectivity index (χ0n) is 13.8. The van der Waals surface area contributed by atoms with E-state index in [0.29, 0.717) is 25.4 Å². The summed E-state index contributed by atoms with van der Waals surface area (Å²) in [6.07, 6.45) is -1.18. The lowest BCUT2D eigenvalue weighted by Crippen LogP contribution is -2.40. The van der Waals surface area contributed by atoms with E-state index in [4.69, 9.17) is 5.73 Å². The van der Waals surface area contributed by atoms with Crippen molar-refractivity contribution in [2.45, 2.75) is 50.2 Å². The number of amides is 1. The molecule has 1 saturated heterocycles. The number of carbonyl (C=O) groups is 1. The predicted octanol–water partition coefficient (Wildman–Crippen LogP) is 3.32. The molecule has 1 aliphatic carbocycles. The van der Waals surface area contributed by atoms with Gasteiger partial charge in [0.15, 0.2) is 0 Å². The summed E-state index contributed by atoms with van der Waals surface area (Å²) in [5, 5.41) is 0. The molecule has 1 heterocycles. The van der Waals surface area contributed by atoms with Crippen molar-refractivity contribution < 1.29 is 18.0 Å². The number of benzene rings is 1. The maximum Gasteiger partial charge on any atom is 0.416 e. The maximum atomic E-state index is 12.7. The second kappa shape index (κ2) is 6.06. The summed E-state index contributed by atoms with van der Waals surface area (Å²) in [5.41, 5.74) is 5.69. The molecule has 3 nitrogen and oxygen atoms in total. The molecule has 0 radical (unpaired) electrons. The Morgan fingerprint density at radius 3 is 2.46 bits per heavy atom. The number of alkyl halides is 3. The third kappa shape index (κ3) is 3.43. The first-order valence-electron chi connectivity index (χ1n) is 8.38. The first kappa shape index (κ1) is 17.3. The third-order valence-electron chi connectivity index (χ3n) is 5.47. The fraction of sp³-hybridized carbons (Fsp3) is 0.611. The number of nitrogens with zero attached hydrogens (tertiary/aromatic N) is 1. The van der Waals surface area contributed by atoms with Crippen LogP contribution in [0.1, 0.15) is 43.7 Å². The first-order valence-corrected chi connectivity index (χ1v) is 8.38. The van der Waals surface area contributed by atoms with Crippen LogP contribution >= 0.6 is 0 Å². The Hall–Kier alpha value is -1.56. The van der Waals surface area contributed by atoms with E-state index in [0.717, 1.165) is 37.0 Å². The highest BCUT2D eigenvalue weighted by atomic mass is 19.4. The molecule has 0 bridgehead atoms. The van der Waals surface area contributed by atoms with Gasteiger partial charge in [-0.1, -0.05) is 19.1 Å². The second-order valence-electron chi connectivity index (χ2n) is 7.50. The molecule has 1 unspecified atom stereocenters. The van der Waals surface area contributed by atoms with Crippen molar-refractivity contribution >= 4 is 5.91 Å². The van der Waals surface area contributed by atoms with Crippen LogP contribution in [0.15, 0.2) is 24.3 Å². The van der Waals surface area contributed by atoms with Crippen molar-refractivity contribution in [2.24, 2.45) is 11.7 Å². The summed E-state index contributed by atoms with van der Waals surface area (Å²) in [6.45, 7) is 3.24. The van der Waals surface area contributed by atoms with Gasteiger partial charge in [-0.15, -0.1) is 0 Å². The summed E-state index contributed by atoms with van der Waals surface area (Å²) in [5.74, 6) is 0.535. The molecular formula is C18H23F3N2O. The molecule has 0 aromatic heterocycles. The van der Waals surface area contributed by atoms with E-state index < -0.39 is 11.7 Å². The normalized spacial score (nSPS) is 30.3. The Labute approximate surface area is 140 Å². The molecule has 2 aliphatic rings. The van der Waals surface area contributed by atoms with Crippen molar-refractivity contribution in [1.82, 2.24) is 4.90 Å². The fourth-order valence-electron chi connectivity index (χ4n) is 3.80. The number of hydrogen-bond donors (Lipinski definition) is 1. The van der Waals surface area contributed by atoms with Gasteiger partial charge in [0.25, 0.3) is 0 Å². The minimum Gasteiger partial charge on any atom is -0.342 e. The molecule has 1 aromatic carbocycles. The van der Waals surface area contributed by atoms with Crippen LogP contribution in [0, 0.1) is 5.92 Å². The van der Waals surface area contributed by atoms with Crippen molar-refractivity contribution in [3.63, 3.8) is 0 Å². The van der Waals surface area contributed by atoms with Crippen LogP contribution in [0.3, 0.4) is 0 Å². The first-order chi connectivity index (χ1) is 11.2. The van der Waals surface area contributed by atoms with Gasteiger partial charge in [0.2, 0.25) is 5.91 Å². The van der Waals surface area contributed by atoms with E-state index in [1.807, 2.05) is 11.8 Å². The van der Waals surface area contributed by atoms with Crippen molar-refractivity contribution in [2.75, 3.05) is 13.1 Å². The summed E-state index contributed by atoms with van der Waals surface area (Å²) >= 11 is 0. The monoisotopic (exact) mass is 340 g/mol. The lowest BCUT2D eigenvalue weighted by molar-refractivity contribution is -0.137. The smallest absolute Gasteiger partial charge is 0.342 e. The number of hydrogen-bond acceptors (Lipinski definition) is 2. The standard InChI is InChI=1S/C18H23F3N2O/c1-17(13-2-4-14(5-3-13)18(19,20)21)6-7-23(11-17)16(24)10-12-8-15(22)9-12/h2-5,12,15H,6-11,22H2,1H3. The van der Waals surface area contributed by atoms with Crippen LogP contribution in [-0.4, -0.2) is 29.9 Å². The van der Waals surface area contributed by atoms with Crippen molar-refractivity contribution in [1.29, 1.82) is 0 Å². The highest BCUT2D eigenvalue weighted by Gasteiger charge is 2.39. The Morgan fingerprint density at radius 2 is 1.92 bits per heavy atom. The molecule has 2 fully saturated rings. The van der Waals surface area contributed by atoms with E-state index in [2.05, 4.69) is 0 Å². The van der Waals surface area contributed by atoms with Crippen LogP contribution in [0.25, 0.3) is 0 Å². The number of halogens is 3. The second-order valence-corrected chi connectivity index (χ2v) is 7.50. The average Bonchev–Trinajstić information content (AvgIpc) is 2.89. The van der Waals surface area contributed by atoms with Gasteiger partial charge in [0, 0.05) is 31.0 Å². The van der Waals surface area contributed by atoms with Gasteiger partial charge in [-0.2, -0.15) is 13.2 Å². The summed E-state index contributed by atoms with van der Waals surface area (Å²) < 4.78 is 38.1. The molecular weight excluding hydrogens is 317 g/mol. The molecule has 1 atom stereocenters. The molecule has 0 spiro atoms. The zero-order chi connectivity index (χ0) is 17.5. The number of rotatable bonds is 3. The molecule has 1 amide bonds. The molecule has 24 heavy (non-hydrogen) atoms. The van der Waals surface area contributed by atoms with E-state index in [-0.39, 0.29) is 17.4 Å². The lowest BCUT2D eigenvalue weighted by atomic mass is 9.78. The predicted molar refractivity (Wildman–Crippen MR) is 85.3 cm³/mol. The lowest BCUT2D eigenvalue weighted by Gasteiger charge is -2.33. The zero-order valence-corrected chi connectivity index (χ0v) is 13.8.